The van der Waals surface area contributed by atoms with Crippen molar-refractivity contribution in [2.24, 2.45) is 0 Å². The van der Waals surface area contributed by atoms with Gasteiger partial charge < -0.3 is 14.5 Å². The first-order chi connectivity index (χ1) is 13.2. The Morgan fingerprint density at radius 3 is 3.11 bits per heavy atom. The van der Waals surface area contributed by atoms with Gasteiger partial charge in [-0.3, -0.25) is 9.59 Å². The Morgan fingerprint density at radius 2 is 2.33 bits per heavy atom. The number of carbonyl (C=O) groups is 1. The largest absolute Gasteiger partial charge is 0.342 e. The average molecular weight is 383 g/mol. The summed E-state index contributed by atoms with van der Waals surface area (Å²) < 4.78 is 1.91. The number of carbonyl (C=O) groups excluding carboxylic acids is 1. The summed E-state index contributed by atoms with van der Waals surface area (Å²) in [6, 6.07) is 5.44. The minimum atomic E-state index is -0.146. The van der Waals surface area contributed by atoms with Crippen molar-refractivity contribution < 1.29 is 4.79 Å². The van der Waals surface area contributed by atoms with Gasteiger partial charge in [-0.1, -0.05) is 6.07 Å². The van der Waals surface area contributed by atoms with Gasteiger partial charge in [0.2, 0.25) is 5.91 Å². The van der Waals surface area contributed by atoms with E-state index in [0.717, 1.165) is 24.3 Å². The van der Waals surface area contributed by atoms with Crippen LogP contribution in [0.3, 0.4) is 0 Å². The van der Waals surface area contributed by atoms with Crippen molar-refractivity contribution in [3.8, 4) is 10.6 Å². The molecule has 1 amide bonds. The molecule has 3 aromatic rings. The molecule has 1 saturated heterocycles. The highest BCUT2D eigenvalue weighted by molar-refractivity contribution is 7.13. The van der Waals surface area contributed by atoms with Gasteiger partial charge in [0.1, 0.15) is 5.82 Å². The molecule has 0 spiro atoms. The van der Waals surface area contributed by atoms with Gasteiger partial charge in [0, 0.05) is 50.4 Å². The van der Waals surface area contributed by atoms with Crippen LogP contribution in [0.15, 0.2) is 47.1 Å². The zero-order valence-corrected chi connectivity index (χ0v) is 15.7. The molecule has 0 radical (unpaired) electrons. The van der Waals surface area contributed by atoms with Crippen molar-refractivity contribution in [1.82, 2.24) is 24.4 Å². The lowest BCUT2D eigenvalue weighted by atomic mass is 9.96. The first-order valence-corrected chi connectivity index (χ1v) is 9.95. The normalized spacial score (nSPS) is 17.2. The number of nitrogens with one attached hydrogen (secondary N) is 1. The smallest absolute Gasteiger partial charge is 0.251 e. The van der Waals surface area contributed by atoms with Gasteiger partial charge in [0.25, 0.3) is 5.56 Å². The number of thiophene rings is 1. The molecular weight excluding hydrogens is 362 g/mol. The van der Waals surface area contributed by atoms with Crippen LogP contribution in [0.4, 0.5) is 0 Å². The molecule has 0 aromatic carbocycles. The van der Waals surface area contributed by atoms with Crippen LogP contribution in [0.5, 0.6) is 0 Å². The van der Waals surface area contributed by atoms with Gasteiger partial charge in [-0.15, -0.1) is 11.3 Å². The Kier molecular flexibility index (Phi) is 5.15. The number of likely N-dealkylation sites (tertiary alicyclic amines) is 1. The quantitative estimate of drug-likeness (QED) is 0.734. The summed E-state index contributed by atoms with van der Waals surface area (Å²) in [5, 5.41) is 1.97. The van der Waals surface area contributed by atoms with Gasteiger partial charge in [-0.05, 0) is 24.3 Å². The van der Waals surface area contributed by atoms with Gasteiger partial charge in [-0.25, -0.2) is 9.97 Å². The van der Waals surface area contributed by atoms with Gasteiger partial charge in [0.15, 0.2) is 0 Å². The van der Waals surface area contributed by atoms with E-state index in [1.807, 2.05) is 33.2 Å². The highest BCUT2D eigenvalue weighted by atomic mass is 32.1. The highest BCUT2D eigenvalue weighted by Gasteiger charge is 2.26. The van der Waals surface area contributed by atoms with Crippen molar-refractivity contribution >= 4 is 17.2 Å². The van der Waals surface area contributed by atoms with Crippen LogP contribution in [-0.2, 0) is 11.3 Å². The molecule has 1 fully saturated rings. The molecule has 4 heterocycles. The zero-order chi connectivity index (χ0) is 18.6. The van der Waals surface area contributed by atoms with Crippen LogP contribution in [0, 0.1) is 0 Å². The number of imidazole rings is 1. The number of hydrogen-bond acceptors (Lipinski definition) is 5. The summed E-state index contributed by atoms with van der Waals surface area (Å²) in [4.78, 5) is 39.1. The van der Waals surface area contributed by atoms with Gasteiger partial charge in [0.05, 0.1) is 16.9 Å². The molecule has 1 N–H and O–H groups in total. The number of amides is 1. The predicted molar refractivity (Wildman–Crippen MR) is 104 cm³/mol. The van der Waals surface area contributed by atoms with Crippen LogP contribution < -0.4 is 5.56 Å². The number of rotatable bonds is 5. The Balaban J connectivity index is 1.46. The first-order valence-electron chi connectivity index (χ1n) is 9.08. The van der Waals surface area contributed by atoms with E-state index < -0.39 is 0 Å². The summed E-state index contributed by atoms with van der Waals surface area (Å²) in [6.07, 6.45) is 7.57. The molecule has 27 heavy (non-hydrogen) atoms. The number of H-pyrrole nitrogens is 1. The Morgan fingerprint density at radius 1 is 1.41 bits per heavy atom. The van der Waals surface area contributed by atoms with Crippen molar-refractivity contribution in [2.45, 2.75) is 31.7 Å². The van der Waals surface area contributed by atoms with E-state index in [-0.39, 0.29) is 17.4 Å². The summed E-state index contributed by atoms with van der Waals surface area (Å²) in [5.74, 6) is 0.867. The van der Waals surface area contributed by atoms with Gasteiger partial charge in [-0.2, -0.15) is 0 Å². The third kappa shape index (κ3) is 4.16. The fraction of sp³-hybridized carbons (Fsp3) is 0.368. The summed E-state index contributed by atoms with van der Waals surface area (Å²) in [7, 11) is 0. The molecule has 140 valence electrons. The fourth-order valence-corrected chi connectivity index (χ4v) is 4.14. The lowest BCUT2D eigenvalue weighted by Crippen LogP contribution is -2.40. The van der Waals surface area contributed by atoms with Crippen LogP contribution >= 0.6 is 11.3 Å². The lowest BCUT2D eigenvalue weighted by molar-refractivity contribution is -0.132. The molecule has 1 atom stereocenters. The zero-order valence-electron chi connectivity index (χ0n) is 14.9. The van der Waals surface area contributed by atoms with Crippen LogP contribution in [0.2, 0.25) is 0 Å². The molecule has 0 aliphatic carbocycles. The number of aromatic amines is 1. The minimum Gasteiger partial charge on any atom is -0.342 e. The van der Waals surface area contributed by atoms with E-state index >= 15 is 0 Å². The average Bonchev–Trinajstić information content (AvgIpc) is 3.39. The van der Waals surface area contributed by atoms with Crippen LogP contribution in [-0.4, -0.2) is 43.4 Å². The molecule has 3 aromatic heterocycles. The SMILES string of the molecule is O=C(CCn1ccnc1)N1CCCC(c2nc(-c3cccs3)cc(=O)[nH]2)C1. The molecule has 0 bridgehead atoms. The summed E-state index contributed by atoms with van der Waals surface area (Å²) >= 11 is 1.56. The molecule has 1 aliphatic rings. The third-order valence-corrected chi connectivity index (χ3v) is 5.73. The highest BCUT2D eigenvalue weighted by Crippen LogP contribution is 2.27. The van der Waals surface area contributed by atoms with E-state index in [2.05, 4.69) is 15.0 Å². The predicted octanol–water partition coefficient (Wildman–Crippen LogP) is 2.49. The maximum Gasteiger partial charge on any atom is 0.251 e. The number of aryl methyl sites for hydroxylation is 1. The van der Waals surface area contributed by atoms with E-state index in [0.29, 0.717) is 31.0 Å². The monoisotopic (exact) mass is 383 g/mol. The summed E-state index contributed by atoms with van der Waals surface area (Å²) in [6.45, 7) is 1.98. The molecule has 1 aliphatic heterocycles. The van der Waals surface area contributed by atoms with Crippen molar-refractivity contribution in [2.75, 3.05) is 13.1 Å². The van der Waals surface area contributed by atoms with Crippen molar-refractivity contribution in [1.29, 1.82) is 0 Å². The number of aromatic nitrogens is 4. The van der Waals surface area contributed by atoms with E-state index in [9.17, 15) is 9.59 Å². The second kappa shape index (κ2) is 7.87. The van der Waals surface area contributed by atoms with Crippen molar-refractivity contribution in [3.05, 3.63) is 58.5 Å². The first kappa shape index (κ1) is 17.7. The number of piperidine rings is 1. The van der Waals surface area contributed by atoms with E-state index in [1.165, 1.54) is 6.07 Å². The Hall–Kier alpha value is -2.74. The van der Waals surface area contributed by atoms with Gasteiger partial charge >= 0.3 is 0 Å². The fourth-order valence-electron chi connectivity index (χ4n) is 3.45. The standard InChI is InChI=1S/C19H21N5O2S/c25-17-11-15(16-4-2-10-27-16)21-19(22-17)14-3-1-7-24(12-14)18(26)5-8-23-9-6-20-13-23/h2,4,6,9-11,13-14H,1,3,5,7-8,12H2,(H,21,22,25). The van der Waals surface area contributed by atoms with E-state index in [1.54, 1.807) is 23.9 Å². The maximum absolute atomic E-state index is 12.6. The number of nitrogens with zero attached hydrogens (tertiary/aromatic N) is 4. The maximum atomic E-state index is 12.6. The summed E-state index contributed by atoms with van der Waals surface area (Å²) in [5.41, 5.74) is 0.555. The molecule has 8 heteroatoms. The number of hydrogen-bond donors (Lipinski definition) is 1. The molecule has 1 unspecified atom stereocenters. The molecule has 4 rings (SSSR count). The molecular formula is C19H21N5O2S. The third-order valence-electron chi connectivity index (χ3n) is 4.84. The molecule has 7 nitrogen and oxygen atoms in total. The topological polar surface area (TPSA) is 83.9 Å². The Bertz CT molecular complexity index is 949. The second-order valence-corrected chi connectivity index (χ2v) is 7.67. The minimum absolute atomic E-state index is 0.0588. The van der Waals surface area contributed by atoms with Crippen molar-refractivity contribution in [3.63, 3.8) is 0 Å². The van der Waals surface area contributed by atoms with Crippen LogP contribution in [0.1, 0.15) is 31.0 Å². The molecule has 0 saturated carbocycles. The Labute approximate surface area is 160 Å². The van der Waals surface area contributed by atoms with Crippen LogP contribution in [0.25, 0.3) is 10.6 Å². The van der Waals surface area contributed by atoms with E-state index in [4.69, 9.17) is 0 Å². The lowest BCUT2D eigenvalue weighted by Gasteiger charge is -2.32. The second-order valence-electron chi connectivity index (χ2n) is 6.72.